The third-order valence-electron chi connectivity index (χ3n) is 1.89. The number of nitrogens with zero attached hydrogens (tertiary/aromatic N) is 2. The van der Waals surface area contributed by atoms with Crippen molar-refractivity contribution in [3.8, 4) is 0 Å². The molecule has 0 radical (unpaired) electrons. The summed E-state index contributed by atoms with van der Waals surface area (Å²) in [7, 11) is 0. The highest BCUT2D eigenvalue weighted by Gasteiger charge is 1.86. The maximum absolute atomic E-state index is 5.29. The Morgan fingerprint density at radius 3 is 2.80 bits per heavy atom. The van der Waals surface area contributed by atoms with E-state index in [9.17, 15) is 0 Å². The van der Waals surface area contributed by atoms with Gasteiger partial charge in [0.1, 0.15) is 6.61 Å². The molecule has 1 aromatic carbocycles. The number of hydrogen-bond acceptors (Lipinski definition) is 2. The molecule has 3 heteroatoms. The molecule has 0 unspecified atom stereocenters. The Bertz CT molecular complexity index is 406. The molecule has 0 aliphatic heterocycles. The molecule has 0 atom stereocenters. The highest BCUT2D eigenvalue weighted by Crippen LogP contribution is 1.99. The SMILES string of the molecule is C(=Cc1ccccc1)COn1cccn1. The molecule has 0 amide bonds. The minimum atomic E-state index is 0.510. The molecule has 0 aliphatic rings. The third kappa shape index (κ3) is 2.98. The zero-order chi connectivity index (χ0) is 10.3. The highest BCUT2D eigenvalue weighted by atomic mass is 16.7. The maximum atomic E-state index is 5.29. The molecule has 15 heavy (non-hydrogen) atoms. The van der Waals surface area contributed by atoms with E-state index in [1.165, 1.54) is 10.4 Å². The molecular formula is C12H12N2O. The van der Waals surface area contributed by atoms with Gasteiger partial charge in [-0.3, -0.25) is 0 Å². The van der Waals surface area contributed by atoms with Crippen molar-refractivity contribution in [3.63, 3.8) is 0 Å². The third-order valence-corrected chi connectivity index (χ3v) is 1.89. The van der Waals surface area contributed by atoms with Crippen LogP contribution in [0.3, 0.4) is 0 Å². The Morgan fingerprint density at radius 2 is 2.07 bits per heavy atom. The Kier molecular flexibility index (Phi) is 3.18. The summed E-state index contributed by atoms with van der Waals surface area (Å²) >= 11 is 0. The highest BCUT2D eigenvalue weighted by molar-refractivity contribution is 5.48. The molecule has 1 heterocycles. The molecule has 2 aromatic rings. The Balaban J connectivity index is 1.81. The van der Waals surface area contributed by atoms with Crippen molar-refractivity contribution >= 4 is 6.08 Å². The van der Waals surface area contributed by atoms with Crippen LogP contribution < -0.4 is 4.84 Å². The van der Waals surface area contributed by atoms with Gasteiger partial charge < -0.3 is 4.84 Å². The van der Waals surface area contributed by atoms with E-state index in [-0.39, 0.29) is 0 Å². The molecule has 3 nitrogen and oxygen atoms in total. The largest absolute Gasteiger partial charge is 0.393 e. The van der Waals surface area contributed by atoms with Crippen LogP contribution >= 0.6 is 0 Å². The summed E-state index contributed by atoms with van der Waals surface area (Å²) in [4.78, 5) is 6.73. The van der Waals surface area contributed by atoms with E-state index in [4.69, 9.17) is 4.84 Å². The van der Waals surface area contributed by atoms with Crippen LogP contribution in [0, 0.1) is 0 Å². The summed E-state index contributed by atoms with van der Waals surface area (Å²) in [5.41, 5.74) is 1.17. The summed E-state index contributed by atoms with van der Waals surface area (Å²) in [6.07, 6.45) is 7.41. The second-order valence-electron chi connectivity index (χ2n) is 3.02. The number of rotatable bonds is 4. The molecule has 0 fully saturated rings. The fourth-order valence-electron chi connectivity index (χ4n) is 1.20. The second-order valence-corrected chi connectivity index (χ2v) is 3.02. The first-order valence-electron chi connectivity index (χ1n) is 4.80. The van der Waals surface area contributed by atoms with Gasteiger partial charge in [0.05, 0.1) is 12.4 Å². The zero-order valence-corrected chi connectivity index (χ0v) is 8.28. The van der Waals surface area contributed by atoms with E-state index < -0.39 is 0 Å². The van der Waals surface area contributed by atoms with Crippen molar-refractivity contribution < 1.29 is 4.84 Å². The van der Waals surface area contributed by atoms with Crippen molar-refractivity contribution in [1.29, 1.82) is 0 Å². The number of benzene rings is 1. The van der Waals surface area contributed by atoms with Crippen LogP contribution in [0.5, 0.6) is 0 Å². The van der Waals surface area contributed by atoms with Crippen LogP contribution in [0.1, 0.15) is 5.56 Å². The van der Waals surface area contributed by atoms with Gasteiger partial charge in [-0.1, -0.05) is 36.4 Å². The molecule has 0 spiro atoms. The summed E-state index contributed by atoms with van der Waals surface area (Å²) in [6.45, 7) is 0.510. The lowest BCUT2D eigenvalue weighted by molar-refractivity contribution is 0.105. The van der Waals surface area contributed by atoms with Crippen molar-refractivity contribution in [2.75, 3.05) is 6.61 Å². The van der Waals surface area contributed by atoms with Gasteiger partial charge in [0.25, 0.3) is 0 Å². The average molecular weight is 200 g/mol. The van der Waals surface area contributed by atoms with Crippen molar-refractivity contribution in [2.24, 2.45) is 0 Å². The molecule has 2 rings (SSSR count). The van der Waals surface area contributed by atoms with Crippen LogP contribution in [0.25, 0.3) is 6.08 Å². The lowest BCUT2D eigenvalue weighted by Crippen LogP contribution is -2.11. The number of hydrogen-bond donors (Lipinski definition) is 0. The van der Waals surface area contributed by atoms with E-state index in [1.54, 1.807) is 12.4 Å². The zero-order valence-electron chi connectivity index (χ0n) is 8.28. The van der Waals surface area contributed by atoms with Gasteiger partial charge in [-0.2, -0.15) is 0 Å². The smallest absolute Gasteiger partial charge is 0.135 e. The van der Waals surface area contributed by atoms with Crippen LogP contribution in [0.4, 0.5) is 0 Å². The maximum Gasteiger partial charge on any atom is 0.135 e. The summed E-state index contributed by atoms with van der Waals surface area (Å²) in [5.74, 6) is 0. The van der Waals surface area contributed by atoms with Gasteiger partial charge in [0.15, 0.2) is 0 Å². The van der Waals surface area contributed by atoms with Gasteiger partial charge in [-0.05, 0) is 17.7 Å². The van der Waals surface area contributed by atoms with E-state index in [2.05, 4.69) is 5.10 Å². The lowest BCUT2D eigenvalue weighted by Gasteiger charge is -1.99. The van der Waals surface area contributed by atoms with E-state index in [1.807, 2.05) is 48.6 Å². The molecule has 1 aromatic heterocycles. The predicted octanol–water partition coefficient (Wildman–Crippen LogP) is 2.03. The second kappa shape index (κ2) is 5.00. The summed E-state index contributed by atoms with van der Waals surface area (Å²) in [5, 5.41) is 3.92. The normalized spacial score (nSPS) is 10.7. The van der Waals surface area contributed by atoms with E-state index >= 15 is 0 Å². The van der Waals surface area contributed by atoms with E-state index in [0.717, 1.165) is 0 Å². The topological polar surface area (TPSA) is 27.1 Å². The van der Waals surface area contributed by atoms with Gasteiger partial charge in [-0.25, -0.2) is 0 Å². The van der Waals surface area contributed by atoms with Crippen molar-refractivity contribution in [1.82, 2.24) is 9.94 Å². The quantitative estimate of drug-likeness (QED) is 0.755. The first-order valence-corrected chi connectivity index (χ1v) is 4.80. The minimum Gasteiger partial charge on any atom is -0.393 e. The molecule has 0 bridgehead atoms. The van der Waals surface area contributed by atoms with Gasteiger partial charge in [0, 0.05) is 0 Å². The van der Waals surface area contributed by atoms with Crippen molar-refractivity contribution in [2.45, 2.75) is 0 Å². The minimum absolute atomic E-state index is 0.510. The monoisotopic (exact) mass is 200 g/mol. The first-order chi connectivity index (χ1) is 7.45. The Morgan fingerprint density at radius 1 is 1.20 bits per heavy atom. The standard InChI is InChI=1S/C12H12N2O/c1-2-6-12(7-3-1)8-4-11-15-14-10-5-9-13-14/h1-10H,11H2. The molecule has 76 valence electrons. The fourth-order valence-corrected chi connectivity index (χ4v) is 1.20. The number of aromatic nitrogens is 2. The molecule has 0 saturated heterocycles. The van der Waals surface area contributed by atoms with Gasteiger partial charge in [-0.15, -0.1) is 9.94 Å². The molecule has 0 N–H and O–H groups in total. The Labute approximate surface area is 88.6 Å². The van der Waals surface area contributed by atoms with Gasteiger partial charge in [0.2, 0.25) is 0 Å². The predicted molar refractivity (Wildman–Crippen MR) is 59.2 cm³/mol. The Hall–Kier alpha value is -2.03. The first kappa shape index (κ1) is 9.52. The fraction of sp³-hybridized carbons (Fsp3) is 0.0833. The molecular weight excluding hydrogens is 188 g/mol. The summed E-state index contributed by atoms with van der Waals surface area (Å²) < 4.78 is 0. The van der Waals surface area contributed by atoms with Crippen LogP contribution in [-0.2, 0) is 0 Å². The van der Waals surface area contributed by atoms with Crippen LogP contribution in [-0.4, -0.2) is 16.6 Å². The average Bonchev–Trinajstić information content (AvgIpc) is 2.79. The van der Waals surface area contributed by atoms with Crippen LogP contribution in [0.2, 0.25) is 0 Å². The van der Waals surface area contributed by atoms with Gasteiger partial charge >= 0.3 is 0 Å². The van der Waals surface area contributed by atoms with E-state index in [0.29, 0.717) is 6.61 Å². The molecule has 0 aliphatic carbocycles. The molecule has 0 saturated carbocycles. The summed E-state index contributed by atoms with van der Waals surface area (Å²) in [6, 6.07) is 11.9. The van der Waals surface area contributed by atoms with Crippen LogP contribution in [0.15, 0.2) is 54.9 Å². The lowest BCUT2D eigenvalue weighted by atomic mass is 10.2. The van der Waals surface area contributed by atoms with Crippen molar-refractivity contribution in [3.05, 3.63) is 60.4 Å².